The Hall–Kier alpha value is -1.82. The van der Waals surface area contributed by atoms with Gasteiger partial charge in [0.2, 0.25) is 5.91 Å². The summed E-state index contributed by atoms with van der Waals surface area (Å²) in [7, 11) is 1.64. The fourth-order valence-corrected chi connectivity index (χ4v) is 3.73. The largest absolute Gasteiger partial charge is 0.383 e. The van der Waals surface area contributed by atoms with Crippen LogP contribution in [0.15, 0.2) is 18.3 Å². The number of rotatable bonds is 4. The van der Waals surface area contributed by atoms with Crippen molar-refractivity contribution in [1.82, 2.24) is 14.8 Å². The van der Waals surface area contributed by atoms with E-state index in [9.17, 15) is 9.59 Å². The summed E-state index contributed by atoms with van der Waals surface area (Å²) in [5, 5.41) is 0. The Bertz CT molecular complexity index is 557. The number of amides is 2. The zero-order valence-corrected chi connectivity index (χ0v) is 13.2. The van der Waals surface area contributed by atoms with E-state index < -0.39 is 5.41 Å². The third-order valence-corrected chi connectivity index (χ3v) is 5.13. The van der Waals surface area contributed by atoms with Gasteiger partial charge in [-0.1, -0.05) is 6.92 Å². The second-order valence-corrected chi connectivity index (χ2v) is 6.36. The van der Waals surface area contributed by atoms with Crippen LogP contribution in [0.3, 0.4) is 0 Å². The van der Waals surface area contributed by atoms with Crippen LogP contribution in [0.4, 0.5) is 0 Å². The number of ether oxygens (including phenoxy) is 1. The van der Waals surface area contributed by atoms with Crippen LogP contribution in [0.1, 0.15) is 23.8 Å². The molecule has 2 amide bonds. The Morgan fingerprint density at radius 2 is 2.36 bits per heavy atom. The predicted molar refractivity (Wildman–Crippen MR) is 81.4 cm³/mol. The van der Waals surface area contributed by atoms with Crippen LogP contribution >= 0.6 is 0 Å². The average Bonchev–Trinajstić information content (AvgIpc) is 3.21. The van der Waals surface area contributed by atoms with Gasteiger partial charge in [0.25, 0.3) is 5.91 Å². The molecule has 1 aromatic heterocycles. The Morgan fingerprint density at radius 1 is 1.55 bits per heavy atom. The van der Waals surface area contributed by atoms with Gasteiger partial charge >= 0.3 is 0 Å². The van der Waals surface area contributed by atoms with Crippen LogP contribution in [-0.4, -0.2) is 66.5 Å². The molecule has 2 aliphatic heterocycles. The molecule has 6 nitrogen and oxygen atoms in total. The average molecular weight is 305 g/mol. The summed E-state index contributed by atoms with van der Waals surface area (Å²) in [6.45, 7) is 5.20. The van der Waals surface area contributed by atoms with E-state index in [1.54, 1.807) is 19.4 Å². The molecule has 2 saturated heterocycles. The standard InChI is InChI=1S/C16H23N3O3/c1-12-10-19(14(20)13-4-3-6-17-13)11-16(12)5-7-18(15(16)21)8-9-22-2/h3-4,6,12,17H,5,7-11H2,1-2H3/t12-,16-/m0/s1. The number of aromatic amines is 1. The van der Waals surface area contributed by atoms with Crippen molar-refractivity contribution in [3.05, 3.63) is 24.0 Å². The van der Waals surface area contributed by atoms with Gasteiger partial charge in [0, 0.05) is 39.5 Å². The first-order valence-electron chi connectivity index (χ1n) is 7.79. The van der Waals surface area contributed by atoms with Crippen LogP contribution in [0.5, 0.6) is 0 Å². The third kappa shape index (κ3) is 2.31. The first-order valence-corrected chi connectivity index (χ1v) is 7.79. The van der Waals surface area contributed by atoms with Crippen molar-refractivity contribution in [3.8, 4) is 0 Å². The number of likely N-dealkylation sites (tertiary alicyclic amines) is 2. The van der Waals surface area contributed by atoms with E-state index >= 15 is 0 Å². The van der Waals surface area contributed by atoms with Gasteiger partial charge in [0.05, 0.1) is 12.0 Å². The SMILES string of the molecule is COCCN1CC[C@@]2(CN(C(=O)c3ccc[nH]3)C[C@@H]2C)C1=O. The highest BCUT2D eigenvalue weighted by atomic mass is 16.5. The highest BCUT2D eigenvalue weighted by Crippen LogP contribution is 2.44. The van der Waals surface area contributed by atoms with E-state index in [4.69, 9.17) is 4.74 Å². The summed E-state index contributed by atoms with van der Waals surface area (Å²) in [6, 6.07) is 3.59. The fourth-order valence-electron chi connectivity index (χ4n) is 3.73. The summed E-state index contributed by atoms with van der Waals surface area (Å²) in [6.07, 6.45) is 2.57. The van der Waals surface area contributed by atoms with Crippen LogP contribution in [-0.2, 0) is 9.53 Å². The molecule has 1 N–H and O–H groups in total. The molecule has 0 aliphatic carbocycles. The summed E-state index contributed by atoms with van der Waals surface area (Å²) in [5.74, 6) is 0.349. The van der Waals surface area contributed by atoms with Gasteiger partial charge in [-0.15, -0.1) is 0 Å². The molecular formula is C16H23N3O3. The van der Waals surface area contributed by atoms with E-state index in [0.29, 0.717) is 31.9 Å². The van der Waals surface area contributed by atoms with Gasteiger partial charge in [-0.3, -0.25) is 9.59 Å². The molecule has 0 aromatic carbocycles. The molecule has 3 rings (SSSR count). The van der Waals surface area contributed by atoms with E-state index in [1.807, 2.05) is 15.9 Å². The molecule has 0 saturated carbocycles. The van der Waals surface area contributed by atoms with Gasteiger partial charge in [0.15, 0.2) is 0 Å². The zero-order valence-electron chi connectivity index (χ0n) is 13.2. The van der Waals surface area contributed by atoms with Crippen molar-refractivity contribution in [1.29, 1.82) is 0 Å². The van der Waals surface area contributed by atoms with Gasteiger partial charge in [-0.2, -0.15) is 0 Å². The molecule has 22 heavy (non-hydrogen) atoms. The third-order valence-electron chi connectivity index (χ3n) is 5.13. The summed E-state index contributed by atoms with van der Waals surface area (Å²) in [5.41, 5.74) is 0.182. The monoisotopic (exact) mass is 305 g/mol. The number of methoxy groups -OCH3 is 1. The molecule has 0 unspecified atom stereocenters. The van der Waals surface area contributed by atoms with E-state index in [2.05, 4.69) is 11.9 Å². The van der Waals surface area contributed by atoms with Crippen molar-refractivity contribution in [2.24, 2.45) is 11.3 Å². The molecule has 120 valence electrons. The maximum Gasteiger partial charge on any atom is 0.270 e. The summed E-state index contributed by atoms with van der Waals surface area (Å²) >= 11 is 0. The number of hydrogen-bond acceptors (Lipinski definition) is 3. The van der Waals surface area contributed by atoms with Crippen molar-refractivity contribution in [2.75, 3.05) is 39.9 Å². The van der Waals surface area contributed by atoms with E-state index in [1.165, 1.54) is 0 Å². The topological polar surface area (TPSA) is 65.6 Å². The number of carbonyl (C=O) groups excluding carboxylic acids is 2. The van der Waals surface area contributed by atoms with Crippen LogP contribution in [0.25, 0.3) is 0 Å². The first-order chi connectivity index (χ1) is 10.6. The van der Waals surface area contributed by atoms with Crippen molar-refractivity contribution in [2.45, 2.75) is 13.3 Å². The fraction of sp³-hybridized carbons (Fsp3) is 0.625. The molecule has 0 bridgehead atoms. The highest BCUT2D eigenvalue weighted by molar-refractivity contribution is 5.94. The van der Waals surface area contributed by atoms with Gasteiger partial charge in [0.1, 0.15) is 5.69 Å². The molecule has 3 heterocycles. The van der Waals surface area contributed by atoms with Gasteiger partial charge in [-0.05, 0) is 24.5 Å². The Morgan fingerprint density at radius 3 is 3.05 bits per heavy atom. The molecule has 2 atom stereocenters. The minimum Gasteiger partial charge on any atom is -0.383 e. The lowest BCUT2D eigenvalue weighted by atomic mass is 9.78. The Balaban J connectivity index is 1.73. The predicted octanol–water partition coefficient (Wildman–Crippen LogP) is 0.972. The van der Waals surface area contributed by atoms with Gasteiger partial charge < -0.3 is 19.5 Å². The number of carbonyl (C=O) groups is 2. The summed E-state index contributed by atoms with van der Waals surface area (Å²) in [4.78, 5) is 32.0. The number of H-pyrrole nitrogens is 1. The Kier molecular flexibility index (Phi) is 3.95. The second kappa shape index (κ2) is 5.76. The minimum absolute atomic E-state index is 0.0168. The quantitative estimate of drug-likeness (QED) is 0.901. The lowest BCUT2D eigenvalue weighted by Crippen LogP contribution is -2.41. The van der Waals surface area contributed by atoms with Crippen LogP contribution in [0.2, 0.25) is 0 Å². The molecule has 0 radical (unpaired) electrons. The molecule has 1 spiro atoms. The molecular weight excluding hydrogens is 282 g/mol. The molecule has 2 fully saturated rings. The first kappa shape index (κ1) is 15.1. The molecule has 1 aromatic rings. The lowest BCUT2D eigenvalue weighted by Gasteiger charge is -2.26. The maximum atomic E-state index is 12.8. The zero-order chi connectivity index (χ0) is 15.7. The van der Waals surface area contributed by atoms with Crippen LogP contribution < -0.4 is 0 Å². The van der Waals surface area contributed by atoms with Crippen LogP contribution in [0, 0.1) is 11.3 Å². The Labute approximate surface area is 130 Å². The highest BCUT2D eigenvalue weighted by Gasteiger charge is 2.55. The maximum absolute atomic E-state index is 12.8. The molecule has 6 heteroatoms. The van der Waals surface area contributed by atoms with Crippen molar-refractivity contribution < 1.29 is 14.3 Å². The van der Waals surface area contributed by atoms with E-state index in [-0.39, 0.29) is 17.7 Å². The lowest BCUT2D eigenvalue weighted by molar-refractivity contribution is -0.137. The normalized spacial score (nSPS) is 28.1. The van der Waals surface area contributed by atoms with E-state index in [0.717, 1.165) is 13.0 Å². The second-order valence-electron chi connectivity index (χ2n) is 6.36. The van der Waals surface area contributed by atoms with Crippen molar-refractivity contribution >= 4 is 11.8 Å². The van der Waals surface area contributed by atoms with Gasteiger partial charge in [-0.25, -0.2) is 0 Å². The number of aromatic nitrogens is 1. The van der Waals surface area contributed by atoms with Crippen molar-refractivity contribution in [3.63, 3.8) is 0 Å². The smallest absolute Gasteiger partial charge is 0.270 e. The number of nitrogens with zero attached hydrogens (tertiary/aromatic N) is 2. The molecule has 2 aliphatic rings. The minimum atomic E-state index is -0.407. The summed E-state index contributed by atoms with van der Waals surface area (Å²) < 4.78 is 5.08. The number of hydrogen-bond donors (Lipinski definition) is 1. The number of nitrogens with one attached hydrogen (secondary N) is 1.